The first-order chi connectivity index (χ1) is 14.3. The Morgan fingerprint density at radius 2 is 1.83 bits per heavy atom. The number of pyridine rings is 1. The highest BCUT2D eigenvalue weighted by Gasteiger charge is 2.18. The monoisotopic (exact) mass is 424 g/mol. The van der Waals surface area contributed by atoms with E-state index in [1.807, 2.05) is 23.6 Å². The van der Waals surface area contributed by atoms with Gasteiger partial charge in [-0.2, -0.15) is 0 Å². The standard InChI is InChI=1S/C22H21FN4O2S/c1-15-5-10-20(16(2)14-15)30(28,29)25-12-13-27-21(17-6-8-18(23)9-7-17)26-19-4-3-11-24-22(19)27/h3-11,14,25H,12-13H2,1-2H3. The molecule has 2 aromatic heterocycles. The van der Waals surface area contributed by atoms with Crippen molar-refractivity contribution >= 4 is 21.2 Å². The van der Waals surface area contributed by atoms with Crippen LogP contribution in [0.1, 0.15) is 11.1 Å². The van der Waals surface area contributed by atoms with Gasteiger partial charge in [0.15, 0.2) is 5.65 Å². The molecule has 4 aromatic rings. The second-order valence-corrected chi connectivity index (χ2v) is 8.84. The third-order valence-electron chi connectivity index (χ3n) is 4.85. The summed E-state index contributed by atoms with van der Waals surface area (Å²) in [5.41, 5.74) is 3.76. The fourth-order valence-corrected chi connectivity index (χ4v) is 4.71. The highest BCUT2D eigenvalue weighted by atomic mass is 32.2. The molecule has 0 spiro atoms. The van der Waals surface area contributed by atoms with E-state index in [-0.39, 0.29) is 17.3 Å². The van der Waals surface area contributed by atoms with Crippen LogP contribution in [-0.4, -0.2) is 29.5 Å². The second kappa shape index (κ2) is 7.97. The van der Waals surface area contributed by atoms with Crippen LogP contribution in [0.4, 0.5) is 4.39 Å². The van der Waals surface area contributed by atoms with Crippen molar-refractivity contribution in [3.05, 3.63) is 77.7 Å². The second-order valence-electron chi connectivity index (χ2n) is 7.11. The zero-order valence-corrected chi connectivity index (χ0v) is 17.4. The lowest BCUT2D eigenvalue weighted by molar-refractivity contribution is 0.573. The van der Waals surface area contributed by atoms with Crippen LogP contribution in [0.2, 0.25) is 0 Å². The lowest BCUT2D eigenvalue weighted by Gasteiger charge is -2.12. The molecule has 8 heteroatoms. The lowest BCUT2D eigenvalue weighted by Crippen LogP contribution is -2.28. The Morgan fingerprint density at radius 1 is 1.07 bits per heavy atom. The smallest absolute Gasteiger partial charge is 0.240 e. The molecular formula is C22H21FN4O2S. The van der Waals surface area contributed by atoms with Crippen LogP contribution in [0.3, 0.4) is 0 Å². The van der Waals surface area contributed by atoms with Gasteiger partial charge in [-0.3, -0.25) is 0 Å². The van der Waals surface area contributed by atoms with E-state index in [2.05, 4.69) is 14.7 Å². The molecular weight excluding hydrogens is 403 g/mol. The van der Waals surface area contributed by atoms with E-state index in [9.17, 15) is 12.8 Å². The number of aromatic nitrogens is 3. The SMILES string of the molecule is Cc1ccc(S(=O)(=O)NCCn2c(-c3ccc(F)cc3)nc3cccnc32)c(C)c1. The highest BCUT2D eigenvalue weighted by Crippen LogP contribution is 2.24. The maximum atomic E-state index is 13.3. The van der Waals surface area contributed by atoms with Crippen molar-refractivity contribution in [2.75, 3.05) is 6.54 Å². The van der Waals surface area contributed by atoms with E-state index in [0.29, 0.717) is 29.1 Å². The van der Waals surface area contributed by atoms with Crippen LogP contribution in [0, 0.1) is 19.7 Å². The summed E-state index contributed by atoms with van der Waals surface area (Å²) in [6, 6.07) is 14.9. The zero-order chi connectivity index (χ0) is 21.3. The summed E-state index contributed by atoms with van der Waals surface area (Å²) < 4.78 is 43.4. The number of fused-ring (bicyclic) bond motifs is 1. The van der Waals surface area contributed by atoms with Crippen LogP contribution in [0.5, 0.6) is 0 Å². The number of rotatable bonds is 6. The summed E-state index contributed by atoms with van der Waals surface area (Å²) in [4.78, 5) is 9.27. The zero-order valence-electron chi connectivity index (χ0n) is 16.6. The Bertz CT molecular complexity index is 1310. The Labute approximate surface area is 174 Å². The summed E-state index contributed by atoms with van der Waals surface area (Å²) in [5, 5.41) is 0. The molecule has 0 aliphatic heterocycles. The minimum atomic E-state index is -3.65. The predicted octanol–water partition coefficient (Wildman–Crippen LogP) is 3.83. The molecule has 0 radical (unpaired) electrons. The third kappa shape index (κ3) is 3.96. The van der Waals surface area contributed by atoms with Gasteiger partial charge in [0.2, 0.25) is 10.0 Å². The van der Waals surface area contributed by atoms with E-state index < -0.39 is 10.0 Å². The van der Waals surface area contributed by atoms with Crippen LogP contribution < -0.4 is 4.72 Å². The van der Waals surface area contributed by atoms with E-state index in [1.54, 1.807) is 43.5 Å². The van der Waals surface area contributed by atoms with Crippen molar-refractivity contribution in [3.63, 3.8) is 0 Å². The van der Waals surface area contributed by atoms with Crippen LogP contribution >= 0.6 is 0 Å². The maximum Gasteiger partial charge on any atom is 0.240 e. The molecule has 2 heterocycles. The van der Waals surface area contributed by atoms with E-state index in [4.69, 9.17) is 0 Å². The molecule has 0 unspecified atom stereocenters. The average molecular weight is 425 g/mol. The highest BCUT2D eigenvalue weighted by molar-refractivity contribution is 7.89. The summed E-state index contributed by atoms with van der Waals surface area (Å²) >= 11 is 0. The Hall–Kier alpha value is -3.10. The molecule has 4 rings (SSSR count). The van der Waals surface area contributed by atoms with Crippen LogP contribution in [-0.2, 0) is 16.6 Å². The molecule has 0 saturated carbocycles. The van der Waals surface area contributed by atoms with Crippen LogP contribution in [0.25, 0.3) is 22.6 Å². The first kappa shape index (κ1) is 20.2. The van der Waals surface area contributed by atoms with Gasteiger partial charge in [-0.05, 0) is 61.9 Å². The Kier molecular flexibility index (Phi) is 5.36. The third-order valence-corrected chi connectivity index (χ3v) is 6.47. The summed E-state index contributed by atoms with van der Waals surface area (Å²) in [5.74, 6) is 0.273. The molecule has 0 bridgehead atoms. The maximum absolute atomic E-state index is 13.3. The lowest BCUT2D eigenvalue weighted by atomic mass is 10.2. The number of benzene rings is 2. The van der Waals surface area contributed by atoms with Gasteiger partial charge in [-0.1, -0.05) is 17.7 Å². The minimum absolute atomic E-state index is 0.159. The van der Waals surface area contributed by atoms with Crippen molar-refractivity contribution in [1.29, 1.82) is 0 Å². The quantitative estimate of drug-likeness (QED) is 0.510. The minimum Gasteiger partial charge on any atom is -0.307 e. The van der Waals surface area contributed by atoms with Gasteiger partial charge in [-0.15, -0.1) is 0 Å². The summed E-state index contributed by atoms with van der Waals surface area (Å²) in [6.45, 7) is 4.18. The number of hydrogen-bond acceptors (Lipinski definition) is 4. The number of nitrogens with zero attached hydrogens (tertiary/aromatic N) is 3. The van der Waals surface area contributed by atoms with Gasteiger partial charge in [-0.25, -0.2) is 27.5 Å². The molecule has 0 aliphatic carbocycles. The number of sulfonamides is 1. The van der Waals surface area contributed by atoms with E-state index >= 15 is 0 Å². The molecule has 30 heavy (non-hydrogen) atoms. The fraction of sp³-hybridized carbons (Fsp3) is 0.182. The van der Waals surface area contributed by atoms with Crippen molar-refractivity contribution in [3.8, 4) is 11.4 Å². The van der Waals surface area contributed by atoms with Gasteiger partial charge in [0.25, 0.3) is 0 Å². The van der Waals surface area contributed by atoms with Crippen molar-refractivity contribution in [2.45, 2.75) is 25.3 Å². The normalized spacial score (nSPS) is 11.8. The average Bonchev–Trinajstić information content (AvgIpc) is 3.07. The number of aryl methyl sites for hydroxylation is 2. The molecule has 1 N–H and O–H groups in total. The molecule has 0 amide bonds. The van der Waals surface area contributed by atoms with Gasteiger partial charge in [0.05, 0.1) is 4.90 Å². The molecule has 0 fully saturated rings. The van der Waals surface area contributed by atoms with Crippen molar-refractivity contribution in [2.24, 2.45) is 0 Å². The largest absolute Gasteiger partial charge is 0.307 e. The first-order valence-corrected chi connectivity index (χ1v) is 11.0. The topological polar surface area (TPSA) is 76.9 Å². The van der Waals surface area contributed by atoms with E-state index in [1.165, 1.54) is 12.1 Å². The molecule has 2 aromatic carbocycles. The molecule has 6 nitrogen and oxygen atoms in total. The summed E-state index contributed by atoms with van der Waals surface area (Å²) in [6.07, 6.45) is 1.66. The number of nitrogens with one attached hydrogen (secondary N) is 1. The van der Waals surface area contributed by atoms with Gasteiger partial charge in [0.1, 0.15) is 17.2 Å². The van der Waals surface area contributed by atoms with Crippen LogP contribution in [0.15, 0.2) is 65.7 Å². The number of hydrogen-bond donors (Lipinski definition) is 1. The van der Waals surface area contributed by atoms with Gasteiger partial charge < -0.3 is 4.57 Å². The summed E-state index contributed by atoms with van der Waals surface area (Å²) in [7, 11) is -3.65. The molecule has 0 aliphatic rings. The predicted molar refractivity (Wildman–Crippen MR) is 114 cm³/mol. The fourth-order valence-electron chi connectivity index (χ4n) is 3.46. The Morgan fingerprint density at radius 3 is 2.57 bits per heavy atom. The van der Waals surface area contributed by atoms with Gasteiger partial charge >= 0.3 is 0 Å². The molecule has 0 saturated heterocycles. The number of imidazole rings is 1. The van der Waals surface area contributed by atoms with Crippen molar-refractivity contribution < 1.29 is 12.8 Å². The molecule has 0 atom stereocenters. The van der Waals surface area contributed by atoms with E-state index in [0.717, 1.165) is 11.1 Å². The molecule has 154 valence electrons. The van der Waals surface area contributed by atoms with Gasteiger partial charge in [0, 0.05) is 24.8 Å². The van der Waals surface area contributed by atoms with Crippen molar-refractivity contribution in [1.82, 2.24) is 19.3 Å². The number of halogens is 1. The Balaban J connectivity index is 1.62. The first-order valence-electron chi connectivity index (χ1n) is 9.49.